The van der Waals surface area contributed by atoms with Crippen molar-refractivity contribution in [2.24, 2.45) is 0 Å². The minimum Gasteiger partial charge on any atom is -0.489 e. The summed E-state index contributed by atoms with van der Waals surface area (Å²) >= 11 is 6.25. The lowest BCUT2D eigenvalue weighted by Crippen LogP contribution is -2.46. The number of rotatable bonds is 10. The molecule has 0 atom stereocenters. The molecule has 0 aliphatic heterocycles. The number of benzene rings is 2. The summed E-state index contributed by atoms with van der Waals surface area (Å²) < 4.78 is 40.2. The largest absolute Gasteiger partial charge is 0.489 e. The van der Waals surface area contributed by atoms with Crippen LogP contribution < -0.4 is 15.2 Å². The lowest BCUT2D eigenvalue weighted by Gasteiger charge is -2.27. The molecular formula is C25H30ClN5O4S. The Balaban J connectivity index is 1.79. The van der Waals surface area contributed by atoms with Crippen molar-refractivity contribution in [2.45, 2.75) is 46.1 Å². The first-order valence-electron chi connectivity index (χ1n) is 11.5. The quantitative estimate of drug-likeness (QED) is 0.313. The number of imidazole rings is 1. The molecule has 0 spiro atoms. The maximum absolute atomic E-state index is 12.0. The number of nitrogen functional groups attached to an aromatic ring is 1. The summed E-state index contributed by atoms with van der Waals surface area (Å²) in [5, 5.41) is 1.45. The Bertz CT molecular complexity index is 1520. The molecule has 0 bridgehead atoms. The number of sulfonamides is 1. The molecule has 2 aromatic heterocycles. The Morgan fingerprint density at radius 3 is 2.58 bits per heavy atom. The van der Waals surface area contributed by atoms with E-state index in [1.807, 2.05) is 67.8 Å². The molecule has 11 heteroatoms. The van der Waals surface area contributed by atoms with Crippen LogP contribution in [0.1, 0.15) is 32.2 Å². The molecule has 0 aliphatic rings. The molecule has 0 radical (unpaired) electrons. The van der Waals surface area contributed by atoms with Crippen LogP contribution in [0.4, 0.5) is 5.82 Å². The zero-order valence-electron chi connectivity index (χ0n) is 20.7. The molecule has 2 heterocycles. The average molecular weight is 532 g/mol. The van der Waals surface area contributed by atoms with E-state index in [1.165, 1.54) is 0 Å². The summed E-state index contributed by atoms with van der Waals surface area (Å²) in [5.74, 6) is 1.52. The van der Waals surface area contributed by atoms with Gasteiger partial charge in [0, 0.05) is 40.7 Å². The first kappa shape index (κ1) is 26.2. The predicted molar refractivity (Wildman–Crippen MR) is 143 cm³/mol. The van der Waals surface area contributed by atoms with Crippen molar-refractivity contribution in [1.82, 2.24) is 19.3 Å². The van der Waals surface area contributed by atoms with Crippen molar-refractivity contribution < 1.29 is 17.9 Å². The zero-order valence-corrected chi connectivity index (χ0v) is 22.3. The number of nitrogens with two attached hydrogens (primary N) is 1. The van der Waals surface area contributed by atoms with Gasteiger partial charge in [0.25, 0.3) is 0 Å². The van der Waals surface area contributed by atoms with Gasteiger partial charge in [-0.15, -0.1) is 0 Å². The maximum atomic E-state index is 12.0. The first-order valence-corrected chi connectivity index (χ1v) is 13.8. The summed E-state index contributed by atoms with van der Waals surface area (Å²) in [6, 6.07) is 13.1. The minimum absolute atomic E-state index is 0.250. The van der Waals surface area contributed by atoms with Crippen LogP contribution in [-0.4, -0.2) is 41.4 Å². The van der Waals surface area contributed by atoms with E-state index in [9.17, 15) is 8.42 Å². The molecular weight excluding hydrogens is 502 g/mol. The topological polar surface area (TPSA) is 121 Å². The van der Waals surface area contributed by atoms with E-state index < -0.39 is 15.6 Å². The van der Waals surface area contributed by atoms with Gasteiger partial charge in [-0.05, 0) is 39.0 Å². The molecule has 9 nitrogen and oxygen atoms in total. The molecule has 0 unspecified atom stereocenters. The van der Waals surface area contributed by atoms with Gasteiger partial charge in [0.2, 0.25) is 10.0 Å². The van der Waals surface area contributed by atoms with Crippen LogP contribution in [0, 0.1) is 0 Å². The smallest absolute Gasteiger partial charge is 0.209 e. The fourth-order valence-corrected chi connectivity index (χ4v) is 5.47. The standard InChI is InChI=1S/C25H30ClN5O4S/c1-5-34-14-21-29-22-23(31(21)15-25(2,3)30-36(4,32)33)18-11-10-17(12-20(18)28-24(22)27)35-13-16-8-6-7-9-19(16)26/h6-12,30H,5,13-15H2,1-4H3,(H2,27,28). The molecule has 0 saturated heterocycles. The van der Waals surface area contributed by atoms with Gasteiger partial charge in [-0.2, -0.15) is 0 Å². The summed E-state index contributed by atoms with van der Waals surface area (Å²) in [4.78, 5) is 9.29. The molecule has 0 aliphatic carbocycles. The molecule has 0 fully saturated rings. The highest BCUT2D eigenvalue weighted by Gasteiger charge is 2.27. The highest BCUT2D eigenvalue weighted by molar-refractivity contribution is 7.88. The van der Waals surface area contributed by atoms with Gasteiger partial charge in [0.05, 0.1) is 17.3 Å². The number of pyridine rings is 1. The van der Waals surface area contributed by atoms with Gasteiger partial charge < -0.3 is 19.8 Å². The summed E-state index contributed by atoms with van der Waals surface area (Å²) in [5.41, 5.74) is 8.34. The molecule has 3 N–H and O–H groups in total. The number of aromatic nitrogens is 3. The van der Waals surface area contributed by atoms with Crippen molar-refractivity contribution in [3.05, 3.63) is 58.9 Å². The third-order valence-corrected chi connectivity index (χ3v) is 6.85. The Morgan fingerprint density at radius 2 is 1.89 bits per heavy atom. The van der Waals surface area contributed by atoms with Crippen molar-refractivity contribution in [3.8, 4) is 5.75 Å². The zero-order chi connectivity index (χ0) is 26.1. The lowest BCUT2D eigenvalue weighted by molar-refractivity contribution is 0.125. The number of nitrogens with one attached hydrogen (secondary N) is 1. The van der Waals surface area contributed by atoms with Gasteiger partial charge in [-0.3, -0.25) is 0 Å². The third kappa shape index (κ3) is 5.89. The summed E-state index contributed by atoms with van der Waals surface area (Å²) in [6.45, 7) is 6.91. The van der Waals surface area contributed by atoms with Crippen LogP contribution in [0.15, 0.2) is 42.5 Å². The van der Waals surface area contributed by atoms with Crippen molar-refractivity contribution in [3.63, 3.8) is 0 Å². The number of ether oxygens (including phenoxy) is 2. The van der Waals surface area contributed by atoms with E-state index in [4.69, 9.17) is 31.8 Å². The molecule has 36 heavy (non-hydrogen) atoms. The number of nitrogens with zero attached hydrogens (tertiary/aromatic N) is 3. The van der Waals surface area contributed by atoms with Crippen molar-refractivity contribution >= 4 is 49.4 Å². The number of halogens is 1. The number of hydrogen-bond acceptors (Lipinski definition) is 7. The van der Waals surface area contributed by atoms with Crippen LogP contribution >= 0.6 is 11.6 Å². The average Bonchev–Trinajstić information content (AvgIpc) is 3.13. The Labute approximate surface area is 215 Å². The normalized spacial score (nSPS) is 12.5. The van der Waals surface area contributed by atoms with Crippen LogP contribution in [0.3, 0.4) is 0 Å². The van der Waals surface area contributed by atoms with Gasteiger partial charge in [0.1, 0.15) is 30.3 Å². The van der Waals surface area contributed by atoms with E-state index in [1.54, 1.807) is 0 Å². The van der Waals surface area contributed by atoms with E-state index in [2.05, 4.69) is 9.71 Å². The second-order valence-electron chi connectivity index (χ2n) is 9.26. The Kier molecular flexibility index (Phi) is 7.42. The molecule has 2 aromatic carbocycles. The summed E-state index contributed by atoms with van der Waals surface area (Å²) in [6.07, 6.45) is 1.14. The number of hydrogen-bond donors (Lipinski definition) is 2. The van der Waals surface area contributed by atoms with Crippen LogP contribution in [0.2, 0.25) is 5.02 Å². The Hall–Kier alpha value is -2.92. The van der Waals surface area contributed by atoms with Gasteiger partial charge in [0.15, 0.2) is 5.82 Å². The highest BCUT2D eigenvalue weighted by Crippen LogP contribution is 2.32. The molecule has 0 saturated carbocycles. The third-order valence-electron chi connectivity index (χ3n) is 5.56. The van der Waals surface area contributed by atoms with Gasteiger partial charge in [-0.25, -0.2) is 23.1 Å². The van der Waals surface area contributed by atoms with Crippen LogP contribution in [0.5, 0.6) is 5.75 Å². The Morgan fingerprint density at radius 1 is 1.14 bits per heavy atom. The monoisotopic (exact) mass is 531 g/mol. The molecule has 192 valence electrons. The van der Waals surface area contributed by atoms with Gasteiger partial charge in [-0.1, -0.05) is 29.8 Å². The number of anilines is 1. The lowest BCUT2D eigenvalue weighted by atomic mass is 10.1. The maximum Gasteiger partial charge on any atom is 0.209 e. The van der Waals surface area contributed by atoms with E-state index >= 15 is 0 Å². The van der Waals surface area contributed by atoms with Crippen molar-refractivity contribution in [1.29, 1.82) is 0 Å². The first-order chi connectivity index (χ1) is 17.0. The fourth-order valence-electron chi connectivity index (χ4n) is 4.21. The van der Waals surface area contributed by atoms with Crippen LogP contribution in [-0.2, 0) is 34.5 Å². The second kappa shape index (κ2) is 10.2. The molecule has 0 amide bonds. The van der Waals surface area contributed by atoms with E-state index in [0.29, 0.717) is 47.4 Å². The van der Waals surface area contributed by atoms with E-state index in [-0.39, 0.29) is 12.4 Å². The second-order valence-corrected chi connectivity index (χ2v) is 11.4. The number of fused-ring (bicyclic) bond motifs is 3. The highest BCUT2D eigenvalue weighted by atomic mass is 35.5. The molecule has 4 aromatic rings. The molecule has 4 rings (SSSR count). The summed E-state index contributed by atoms with van der Waals surface area (Å²) in [7, 11) is -3.43. The minimum atomic E-state index is -3.43. The van der Waals surface area contributed by atoms with E-state index in [0.717, 1.165) is 22.7 Å². The SMILES string of the molecule is CCOCc1nc2c(N)nc3cc(OCc4ccccc4Cl)ccc3c2n1CC(C)(C)NS(C)(=O)=O. The van der Waals surface area contributed by atoms with Crippen LogP contribution in [0.25, 0.3) is 21.9 Å². The van der Waals surface area contributed by atoms with Crippen molar-refractivity contribution in [2.75, 3.05) is 18.6 Å². The predicted octanol–water partition coefficient (Wildman–Crippen LogP) is 4.26. The van der Waals surface area contributed by atoms with Gasteiger partial charge >= 0.3 is 0 Å². The fraction of sp³-hybridized carbons (Fsp3) is 0.360.